The Labute approximate surface area is 165 Å². The summed E-state index contributed by atoms with van der Waals surface area (Å²) in [5, 5.41) is 12.9. The maximum atomic E-state index is 9.93. The summed E-state index contributed by atoms with van der Waals surface area (Å²) in [7, 11) is 1.82. The minimum absolute atomic E-state index is 0.525. The molecule has 0 aliphatic carbocycles. The molecule has 1 atom stereocenters. The number of hydrogen-bond acceptors (Lipinski definition) is 3. The van der Waals surface area contributed by atoms with Gasteiger partial charge in [0.2, 0.25) is 0 Å². The lowest BCUT2D eigenvalue weighted by molar-refractivity contribution is 0.190. The largest absolute Gasteiger partial charge is 0.374 e. The second-order valence-electron chi connectivity index (χ2n) is 6.63. The third kappa shape index (κ3) is 3.71. The Kier molecular flexibility index (Phi) is 5.83. The average Bonchev–Trinajstić information content (AvgIpc) is 2.67. The molecule has 0 radical (unpaired) electrons. The van der Waals surface area contributed by atoms with E-state index < -0.39 is 6.23 Å². The summed E-state index contributed by atoms with van der Waals surface area (Å²) in [5.74, 6) is 0. The second-order valence-corrected chi connectivity index (χ2v) is 7.04. The van der Waals surface area contributed by atoms with Crippen LogP contribution in [-0.2, 0) is 0 Å². The van der Waals surface area contributed by atoms with Gasteiger partial charge in [0.15, 0.2) is 0 Å². The number of aliphatic hydroxyl groups excluding tert-OH is 1. The van der Waals surface area contributed by atoms with Gasteiger partial charge in [-0.2, -0.15) is 0 Å². The highest BCUT2D eigenvalue weighted by atomic mass is 35.5. The Morgan fingerprint density at radius 3 is 2.41 bits per heavy atom. The number of aliphatic imine (C=N–C) groups is 1. The molecule has 0 spiro atoms. The van der Waals surface area contributed by atoms with Crippen molar-refractivity contribution in [3.63, 3.8) is 0 Å². The summed E-state index contributed by atoms with van der Waals surface area (Å²) >= 11 is 6.43. The van der Waals surface area contributed by atoms with E-state index in [4.69, 9.17) is 11.6 Å². The van der Waals surface area contributed by atoms with E-state index in [0.29, 0.717) is 0 Å². The topological polar surface area (TPSA) is 35.8 Å². The predicted octanol–water partition coefficient (Wildman–Crippen LogP) is 5.43. The Morgan fingerprint density at radius 1 is 1.11 bits per heavy atom. The first kappa shape index (κ1) is 19.4. The molecule has 0 saturated heterocycles. The highest BCUT2D eigenvalue weighted by Gasteiger charge is 2.15. The number of aliphatic hydroxyl groups is 1. The van der Waals surface area contributed by atoms with Gasteiger partial charge in [0.25, 0.3) is 0 Å². The van der Waals surface area contributed by atoms with E-state index in [-0.39, 0.29) is 0 Å². The monoisotopic (exact) mass is 380 g/mol. The Bertz CT molecular complexity index is 978. The molecule has 3 aromatic rings. The quantitative estimate of drug-likeness (QED) is 0.473. The summed E-state index contributed by atoms with van der Waals surface area (Å²) in [6, 6.07) is 18.3. The lowest BCUT2D eigenvalue weighted by Gasteiger charge is -2.26. The minimum atomic E-state index is -0.525. The first-order chi connectivity index (χ1) is 13.0. The van der Waals surface area contributed by atoms with E-state index in [0.717, 1.165) is 44.9 Å². The summed E-state index contributed by atoms with van der Waals surface area (Å²) in [5.41, 5.74) is 5.20. The zero-order valence-corrected chi connectivity index (χ0v) is 17.0. The van der Waals surface area contributed by atoms with Gasteiger partial charge in [0.05, 0.1) is 5.71 Å². The molecule has 0 fully saturated rings. The smallest absolute Gasteiger partial charge is 0.124 e. The second kappa shape index (κ2) is 8.12. The number of nitrogens with zero attached hydrogens (tertiary/aromatic N) is 2. The van der Waals surface area contributed by atoms with Crippen LogP contribution in [0.1, 0.15) is 30.5 Å². The molecule has 0 aliphatic rings. The van der Waals surface area contributed by atoms with Crippen molar-refractivity contribution in [2.45, 2.75) is 27.0 Å². The van der Waals surface area contributed by atoms with Crippen molar-refractivity contribution in [1.29, 1.82) is 0 Å². The number of anilines is 1. The van der Waals surface area contributed by atoms with Crippen LogP contribution in [0, 0.1) is 6.92 Å². The fraction of sp³-hybridized carbons (Fsp3) is 0.261. The van der Waals surface area contributed by atoms with Crippen molar-refractivity contribution >= 4 is 33.8 Å². The molecule has 0 saturated carbocycles. The normalized spacial score (nSPS) is 13.0. The molecule has 4 heteroatoms. The summed E-state index contributed by atoms with van der Waals surface area (Å²) in [6.45, 7) is 6.65. The van der Waals surface area contributed by atoms with Gasteiger partial charge in [-0.15, -0.1) is 0 Å². The van der Waals surface area contributed by atoms with Crippen LogP contribution < -0.4 is 4.90 Å². The molecular weight excluding hydrogens is 356 g/mol. The molecule has 0 aliphatic heterocycles. The van der Waals surface area contributed by atoms with Crippen LogP contribution in [0.3, 0.4) is 0 Å². The molecule has 1 unspecified atom stereocenters. The number of aryl methyl sites for hydroxylation is 1. The van der Waals surface area contributed by atoms with Gasteiger partial charge in [-0.1, -0.05) is 48.0 Å². The maximum Gasteiger partial charge on any atom is 0.124 e. The van der Waals surface area contributed by atoms with Gasteiger partial charge in [-0.25, -0.2) is 0 Å². The lowest BCUT2D eigenvalue weighted by Crippen LogP contribution is -2.32. The Balaban J connectivity index is 2.10. The van der Waals surface area contributed by atoms with Crippen molar-refractivity contribution in [2.75, 3.05) is 18.5 Å². The van der Waals surface area contributed by atoms with Gasteiger partial charge >= 0.3 is 0 Å². The van der Waals surface area contributed by atoms with Crippen LogP contribution >= 0.6 is 11.6 Å². The van der Waals surface area contributed by atoms with Crippen LogP contribution in [0.15, 0.2) is 59.6 Å². The molecular formula is C23H25ClN2O. The minimum Gasteiger partial charge on any atom is -0.374 e. The van der Waals surface area contributed by atoms with Crippen LogP contribution in [0.5, 0.6) is 0 Å². The molecule has 27 heavy (non-hydrogen) atoms. The predicted molar refractivity (Wildman–Crippen MR) is 116 cm³/mol. The Hall–Kier alpha value is -2.36. The van der Waals surface area contributed by atoms with E-state index in [9.17, 15) is 5.11 Å². The van der Waals surface area contributed by atoms with Crippen LogP contribution in [0.2, 0.25) is 5.02 Å². The van der Waals surface area contributed by atoms with E-state index in [2.05, 4.69) is 30.1 Å². The average molecular weight is 381 g/mol. The standard InChI is InChI=1S/C23H25ClN2O/c1-5-26(16(3)27)18-12-10-17(11-13-18)23(25-4)20-8-6-7-19-21(24)14-9-15(2)22(19)20/h6-14,16,27H,5H2,1-4H3/b25-23+. The summed E-state index contributed by atoms with van der Waals surface area (Å²) in [6.07, 6.45) is -0.525. The zero-order valence-electron chi connectivity index (χ0n) is 16.2. The fourth-order valence-electron chi connectivity index (χ4n) is 3.62. The molecule has 3 nitrogen and oxygen atoms in total. The van der Waals surface area contributed by atoms with Crippen molar-refractivity contribution in [3.05, 3.63) is 76.3 Å². The molecule has 0 heterocycles. The van der Waals surface area contributed by atoms with Crippen LogP contribution in [0.4, 0.5) is 5.69 Å². The van der Waals surface area contributed by atoms with Gasteiger partial charge in [-0.05, 0) is 49.9 Å². The Morgan fingerprint density at radius 2 is 1.81 bits per heavy atom. The number of rotatable bonds is 5. The van der Waals surface area contributed by atoms with E-state index >= 15 is 0 Å². The maximum absolute atomic E-state index is 9.93. The summed E-state index contributed by atoms with van der Waals surface area (Å²) < 4.78 is 0. The van der Waals surface area contributed by atoms with Gasteiger partial charge in [-0.3, -0.25) is 4.99 Å². The van der Waals surface area contributed by atoms with Crippen molar-refractivity contribution < 1.29 is 5.11 Å². The van der Waals surface area contributed by atoms with Crippen molar-refractivity contribution in [2.24, 2.45) is 4.99 Å². The molecule has 140 valence electrons. The number of fused-ring (bicyclic) bond motifs is 1. The number of benzene rings is 3. The van der Waals surface area contributed by atoms with Crippen molar-refractivity contribution in [3.8, 4) is 0 Å². The van der Waals surface area contributed by atoms with Gasteiger partial charge in [0, 0.05) is 40.8 Å². The fourth-order valence-corrected chi connectivity index (χ4v) is 3.84. The number of halogens is 1. The first-order valence-corrected chi connectivity index (χ1v) is 9.55. The first-order valence-electron chi connectivity index (χ1n) is 9.18. The molecule has 0 aromatic heterocycles. The molecule has 1 N–H and O–H groups in total. The lowest BCUT2D eigenvalue weighted by atomic mass is 9.93. The van der Waals surface area contributed by atoms with Gasteiger partial charge in [0.1, 0.15) is 6.23 Å². The third-order valence-corrected chi connectivity index (χ3v) is 5.27. The highest BCUT2D eigenvalue weighted by Crippen LogP contribution is 2.31. The van der Waals surface area contributed by atoms with E-state index in [1.54, 1.807) is 6.92 Å². The highest BCUT2D eigenvalue weighted by molar-refractivity contribution is 6.36. The zero-order chi connectivity index (χ0) is 19.6. The van der Waals surface area contributed by atoms with Crippen LogP contribution in [-0.4, -0.2) is 30.6 Å². The molecule has 0 amide bonds. The molecule has 3 aromatic carbocycles. The van der Waals surface area contributed by atoms with E-state index in [1.165, 1.54) is 5.56 Å². The van der Waals surface area contributed by atoms with Crippen molar-refractivity contribution in [1.82, 2.24) is 0 Å². The third-order valence-electron chi connectivity index (χ3n) is 4.94. The summed E-state index contributed by atoms with van der Waals surface area (Å²) in [4.78, 5) is 6.53. The molecule has 0 bridgehead atoms. The SMILES string of the molecule is CCN(c1ccc(/C(=N\C)c2cccc3c(Cl)ccc(C)c23)cc1)C(C)O. The molecule has 3 rings (SSSR count). The van der Waals surface area contributed by atoms with Gasteiger partial charge < -0.3 is 10.0 Å². The van der Waals surface area contributed by atoms with E-state index in [1.807, 2.05) is 55.3 Å². The van der Waals surface area contributed by atoms with Crippen LogP contribution in [0.25, 0.3) is 10.8 Å². The number of hydrogen-bond donors (Lipinski definition) is 1.